The van der Waals surface area contributed by atoms with Crippen LogP contribution in [0, 0.1) is 5.92 Å². The molecule has 5 rings (SSSR count). The fourth-order valence-electron chi connectivity index (χ4n) is 4.99. The van der Waals surface area contributed by atoms with Crippen LogP contribution < -0.4 is 15.1 Å². The maximum Gasteiger partial charge on any atom is 0.416 e. The van der Waals surface area contributed by atoms with Crippen LogP contribution in [0.5, 0.6) is 0 Å². The van der Waals surface area contributed by atoms with Gasteiger partial charge in [0.05, 0.1) is 17.5 Å². The number of fused-ring (bicyclic) bond motifs is 3. The third-order valence-electron chi connectivity index (χ3n) is 6.71. The van der Waals surface area contributed by atoms with Gasteiger partial charge in [0.1, 0.15) is 0 Å². The smallest absolute Gasteiger partial charge is 0.368 e. The first-order valence-electron chi connectivity index (χ1n) is 11.3. The number of nitrogens with one attached hydrogen (secondary N) is 1. The van der Waals surface area contributed by atoms with Crippen molar-refractivity contribution in [2.24, 2.45) is 5.92 Å². The average molecular weight is 467 g/mol. The zero-order valence-corrected chi connectivity index (χ0v) is 18.5. The fourth-order valence-corrected chi connectivity index (χ4v) is 4.99. The molecule has 1 aromatic heterocycles. The molecule has 2 atom stereocenters. The Labute approximate surface area is 196 Å². The molecule has 0 radical (unpaired) electrons. The lowest BCUT2D eigenvalue weighted by Gasteiger charge is -2.49. The number of nitrogens with zero attached hydrogens (tertiary/aromatic N) is 3. The lowest BCUT2D eigenvalue weighted by atomic mass is 9.82. The maximum atomic E-state index is 13.4. The molecule has 5 nitrogen and oxygen atoms in total. The van der Waals surface area contributed by atoms with Crippen molar-refractivity contribution in [1.82, 2.24) is 10.3 Å². The summed E-state index contributed by atoms with van der Waals surface area (Å²) >= 11 is 0. The van der Waals surface area contributed by atoms with Gasteiger partial charge in [0.2, 0.25) is 5.91 Å². The number of carbonyl (C=O) groups excluding carboxylic acids is 1. The number of amides is 1. The van der Waals surface area contributed by atoms with E-state index in [2.05, 4.69) is 20.1 Å². The minimum absolute atomic E-state index is 0.143. The SMILES string of the molecule is O=C(NCc1ccncc1)[C@H]1Cc2cc(C(F)(F)F)ccc2N2CCN(c3ccccc3)C[C@@H]12. The van der Waals surface area contributed by atoms with Crippen LogP contribution in [0.4, 0.5) is 24.5 Å². The molecule has 0 spiro atoms. The molecule has 1 saturated heterocycles. The molecule has 2 aliphatic heterocycles. The monoisotopic (exact) mass is 466 g/mol. The van der Waals surface area contributed by atoms with E-state index in [1.54, 1.807) is 18.5 Å². The van der Waals surface area contributed by atoms with Crippen LogP contribution in [-0.2, 0) is 23.9 Å². The normalized spacial score (nSPS) is 19.9. The Kier molecular flexibility index (Phi) is 5.89. The number of carbonyl (C=O) groups is 1. The van der Waals surface area contributed by atoms with Crippen molar-refractivity contribution in [2.45, 2.75) is 25.2 Å². The number of halogens is 3. The second-order valence-electron chi connectivity index (χ2n) is 8.77. The molecule has 8 heteroatoms. The van der Waals surface area contributed by atoms with Crippen LogP contribution in [0.2, 0.25) is 0 Å². The number of pyridine rings is 1. The first kappa shape index (κ1) is 22.3. The van der Waals surface area contributed by atoms with Crippen LogP contribution in [0.3, 0.4) is 0 Å². The summed E-state index contributed by atoms with van der Waals surface area (Å²) in [5.74, 6) is -0.617. The van der Waals surface area contributed by atoms with Gasteiger partial charge in [0.15, 0.2) is 0 Å². The summed E-state index contributed by atoms with van der Waals surface area (Å²) in [4.78, 5) is 21.7. The van der Waals surface area contributed by atoms with E-state index in [1.807, 2.05) is 42.5 Å². The molecule has 0 bridgehead atoms. The van der Waals surface area contributed by atoms with Crippen molar-refractivity contribution in [1.29, 1.82) is 0 Å². The molecule has 176 valence electrons. The number of benzene rings is 2. The zero-order chi connectivity index (χ0) is 23.7. The van der Waals surface area contributed by atoms with Crippen LogP contribution in [0.1, 0.15) is 16.7 Å². The first-order valence-corrected chi connectivity index (χ1v) is 11.3. The number of alkyl halides is 3. The molecule has 2 aliphatic rings. The van der Waals surface area contributed by atoms with E-state index < -0.39 is 17.7 Å². The number of hydrogen-bond donors (Lipinski definition) is 1. The molecule has 0 unspecified atom stereocenters. The largest absolute Gasteiger partial charge is 0.416 e. The van der Waals surface area contributed by atoms with Crippen LogP contribution in [-0.4, -0.2) is 36.6 Å². The molecule has 1 fully saturated rings. The van der Waals surface area contributed by atoms with Crippen molar-refractivity contribution in [3.8, 4) is 0 Å². The van der Waals surface area contributed by atoms with Crippen LogP contribution in [0.25, 0.3) is 0 Å². The van der Waals surface area contributed by atoms with Crippen LogP contribution in [0.15, 0.2) is 73.1 Å². The van der Waals surface area contributed by atoms with Gasteiger partial charge in [-0.15, -0.1) is 0 Å². The molecule has 3 heterocycles. The minimum Gasteiger partial charge on any atom is -0.368 e. The predicted molar refractivity (Wildman–Crippen MR) is 125 cm³/mol. The van der Waals surface area contributed by atoms with E-state index in [0.29, 0.717) is 25.2 Å². The number of aromatic nitrogens is 1. The van der Waals surface area contributed by atoms with E-state index in [0.717, 1.165) is 29.5 Å². The number of hydrogen-bond acceptors (Lipinski definition) is 4. The lowest BCUT2D eigenvalue weighted by Crippen LogP contribution is -2.61. The van der Waals surface area contributed by atoms with E-state index in [-0.39, 0.29) is 18.4 Å². The number of piperazine rings is 1. The molecule has 1 N–H and O–H groups in total. The van der Waals surface area contributed by atoms with Crippen molar-refractivity contribution in [3.05, 3.63) is 89.7 Å². The quantitative estimate of drug-likeness (QED) is 0.624. The Balaban J connectivity index is 1.44. The van der Waals surface area contributed by atoms with Crippen LogP contribution >= 0.6 is 0 Å². The highest BCUT2D eigenvalue weighted by Gasteiger charge is 2.42. The molecular weight excluding hydrogens is 441 g/mol. The van der Waals surface area contributed by atoms with Gasteiger partial charge in [-0.3, -0.25) is 9.78 Å². The number of rotatable bonds is 4. The van der Waals surface area contributed by atoms with Crippen molar-refractivity contribution >= 4 is 17.3 Å². The minimum atomic E-state index is -4.42. The summed E-state index contributed by atoms with van der Waals surface area (Å²) in [5.41, 5.74) is 2.69. The van der Waals surface area contributed by atoms with Gasteiger partial charge in [-0.1, -0.05) is 18.2 Å². The molecule has 0 aliphatic carbocycles. The Morgan fingerprint density at radius 3 is 2.53 bits per heavy atom. The summed E-state index contributed by atoms with van der Waals surface area (Å²) in [6, 6.07) is 17.4. The third kappa shape index (κ3) is 4.44. The zero-order valence-electron chi connectivity index (χ0n) is 18.5. The fraction of sp³-hybridized carbons (Fsp3) is 0.308. The lowest BCUT2D eigenvalue weighted by molar-refractivity contribution is -0.137. The molecule has 0 saturated carbocycles. The van der Waals surface area contributed by atoms with E-state index >= 15 is 0 Å². The Bertz CT molecular complexity index is 1150. The Morgan fingerprint density at radius 1 is 1.03 bits per heavy atom. The maximum absolute atomic E-state index is 13.4. The Morgan fingerprint density at radius 2 is 1.79 bits per heavy atom. The summed E-state index contributed by atoms with van der Waals surface area (Å²) < 4.78 is 40.2. The van der Waals surface area contributed by atoms with Crippen molar-refractivity contribution in [3.63, 3.8) is 0 Å². The summed E-state index contributed by atoms with van der Waals surface area (Å²) in [7, 11) is 0. The van der Waals surface area contributed by atoms with E-state index in [1.165, 1.54) is 6.07 Å². The van der Waals surface area contributed by atoms with E-state index in [4.69, 9.17) is 0 Å². The van der Waals surface area contributed by atoms with Crippen molar-refractivity contribution < 1.29 is 18.0 Å². The van der Waals surface area contributed by atoms with Gasteiger partial charge in [0, 0.05) is 49.9 Å². The molecule has 1 amide bonds. The average Bonchev–Trinajstić information content (AvgIpc) is 2.86. The van der Waals surface area contributed by atoms with E-state index in [9.17, 15) is 18.0 Å². The van der Waals surface area contributed by atoms with Crippen molar-refractivity contribution in [2.75, 3.05) is 29.4 Å². The number of anilines is 2. The third-order valence-corrected chi connectivity index (χ3v) is 6.71. The summed E-state index contributed by atoms with van der Waals surface area (Å²) in [6.45, 7) is 2.33. The molecule has 3 aromatic rings. The summed E-state index contributed by atoms with van der Waals surface area (Å²) in [5, 5.41) is 3.00. The standard InChI is InChI=1S/C26H25F3N4O/c27-26(28,29)20-6-7-23-19(14-20)15-22(25(34)31-16-18-8-10-30-11-9-18)24-17-32(12-13-33(23)24)21-4-2-1-3-5-21/h1-11,14,22,24H,12-13,15-17H2,(H,31,34)/t22-,24-/m0/s1. The first-order chi connectivity index (χ1) is 16.4. The Hall–Kier alpha value is -3.55. The summed E-state index contributed by atoms with van der Waals surface area (Å²) in [6.07, 6.45) is -0.822. The highest BCUT2D eigenvalue weighted by Crippen LogP contribution is 2.40. The van der Waals surface area contributed by atoms with Gasteiger partial charge in [-0.2, -0.15) is 13.2 Å². The highest BCUT2D eigenvalue weighted by atomic mass is 19.4. The van der Waals surface area contributed by atoms with Gasteiger partial charge >= 0.3 is 6.18 Å². The second-order valence-corrected chi connectivity index (χ2v) is 8.77. The second kappa shape index (κ2) is 9.00. The highest BCUT2D eigenvalue weighted by molar-refractivity contribution is 5.82. The molecular formula is C26H25F3N4O. The van der Waals surface area contributed by atoms with Gasteiger partial charge < -0.3 is 15.1 Å². The number of para-hydroxylation sites is 1. The topological polar surface area (TPSA) is 48.5 Å². The predicted octanol–water partition coefficient (Wildman–Crippen LogP) is 4.28. The van der Waals surface area contributed by atoms with Gasteiger partial charge in [-0.25, -0.2) is 0 Å². The van der Waals surface area contributed by atoms with Gasteiger partial charge in [-0.05, 0) is 60.0 Å². The molecule has 2 aromatic carbocycles. The molecule has 34 heavy (non-hydrogen) atoms. The van der Waals surface area contributed by atoms with Gasteiger partial charge in [0.25, 0.3) is 0 Å².